The predicted octanol–water partition coefficient (Wildman–Crippen LogP) is 4.11. The maximum atomic E-state index is 12.1. The topological polar surface area (TPSA) is 38.3 Å². The van der Waals surface area contributed by atoms with Gasteiger partial charge in [-0.2, -0.15) is 0 Å². The smallest absolute Gasteiger partial charge is 0.246 e. The molecule has 0 aliphatic heterocycles. The molecule has 3 nitrogen and oxygen atoms in total. The average molecular weight is 330 g/mol. The van der Waals surface area contributed by atoms with Crippen molar-refractivity contribution in [3.05, 3.63) is 70.3 Å². The second-order valence-corrected chi connectivity index (χ2v) is 5.67. The predicted molar refractivity (Wildman–Crippen MR) is 94.8 cm³/mol. The molecule has 2 aromatic rings. The van der Waals surface area contributed by atoms with E-state index in [1.54, 1.807) is 14.0 Å². The SMILES string of the molecule is COc1ccc(CCNC(=O)/C(C)=C/c2ccc(Cl)cc2)cc1. The van der Waals surface area contributed by atoms with Crippen LogP contribution in [0, 0.1) is 0 Å². The van der Waals surface area contributed by atoms with Gasteiger partial charge in [0.05, 0.1) is 7.11 Å². The molecule has 0 atom stereocenters. The van der Waals surface area contributed by atoms with Crippen LogP contribution < -0.4 is 10.1 Å². The first-order chi connectivity index (χ1) is 11.1. The van der Waals surface area contributed by atoms with Crippen LogP contribution in [-0.2, 0) is 11.2 Å². The van der Waals surface area contributed by atoms with Gasteiger partial charge in [-0.25, -0.2) is 0 Å². The molecule has 0 aromatic heterocycles. The highest BCUT2D eigenvalue weighted by molar-refractivity contribution is 6.30. The van der Waals surface area contributed by atoms with E-state index in [0.29, 0.717) is 17.1 Å². The molecule has 120 valence electrons. The molecule has 0 fully saturated rings. The maximum absolute atomic E-state index is 12.1. The molecule has 0 aliphatic rings. The first-order valence-electron chi connectivity index (χ1n) is 7.43. The van der Waals surface area contributed by atoms with Crippen molar-refractivity contribution in [3.8, 4) is 5.75 Å². The van der Waals surface area contributed by atoms with Gasteiger partial charge in [-0.1, -0.05) is 35.9 Å². The Morgan fingerprint density at radius 1 is 1.13 bits per heavy atom. The monoisotopic (exact) mass is 329 g/mol. The molecule has 0 unspecified atom stereocenters. The number of carbonyl (C=O) groups is 1. The summed E-state index contributed by atoms with van der Waals surface area (Å²) < 4.78 is 5.12. The molecular formula is C19H20ClNO2. The summed E-state index contributed by atoms with van der Waals surface area (Å²) in [5.74, 6) is 0.771. The van der Waals surface area contributed by atoms with E-state index in [4.69, 9.17) is 16.3 Å². The highest BCUT2D eigenvalue weighted by atomic mass is 35.5. The van der Waals surface area contributed by atoms with Crippen molar-refractivity contribution in [2.24, 2.45) is 0 Å². The van der Waals surface area contributed by atoms with Crippen LogP contribution >= 0.6 is 11.6 Å². The molecule has 23 heavy (non-hydrogen) atoms. The Kier molecular flexibility index (Phi) is 6.24. The number of amides is 1. The van der Waals surface area contributed by atoms with Crippen LogP contribution in [0.4, 0.5) is 0 Å². The van der Waals surface area contributed by atoms with E-state index in [1.165, 1.54) is 0 Å². The van der Waals surface area contributed by atoms with E-state index in [1.807, 2.05) is 54.6 Å². The summed E-state index contributed by atoms with van der Waals surface area (Å²) in [5.41, 5.74) is 2.78. The largest absolute Gasteiger partial charge is 0.497 e. The summed E-state index contributed by atoms with van der Waals surface area (Å²) in [6.07, 6.45) is 2.63. The number of halogens is 1. The number of methoxy groups -OCH3 is 1. The maximum Gasteiger partial charge on any atom is 0.246 e. The highest BCUT2D eigenvalue weighted by Crippen LogP contribution is 2.13. The fourth-order valence-corrected chi connectivity index (χ4v) is 2.25. The lowest BCUT2D eigenvalue weighted by Gasteiger charge is -2.07. The van der Waals surface area contributed by atoms with E-state index in [2.05, 4.69) is 5.32 Å². The Morgan fingerprint density at radius 3 is 2.39 bits per heavy atom. The molecule has 1 amide bonds. The first-order valence-corrected chi connectivity index (χ1v) is 7.81. The summed E-state index contributed by atoms with van der Waals surface area (Å²) in [5, 5.41) is 3.61. The fraction of sp³-hybridized carbons (Fsp3) is 0.211. The van der Waals surface area contributed by atoms with Crippen LogP contribution in [-0.4, -0.2) is 19.6 Å². The molecule has 0 saturated heterocycles. The van der Waals surface area contributed by atoms with Crippen molar-refractivity contribution < 1.29 is 9.53 Å². The van der Waals surface area contributed by atoms with Crippen molar-refractivity contribution in [3.63, 3.8) is 0 Å². The van der Waals surface area contributed by atoms with Crippen LogP contribution in [0.1, 0.15) is 18.1 Å². The van der Waals surface area contributed by atoms with Gasteiger partial charge < -0.3 is 10.1 Å². The van der Waals surface area contributed by atoms with E-state index >= 15 is 0 Å². The Balaban J connectivity index is 1.84. The van der Waals surface area contributed by atoms with E-state index in [9.17, 15) is 4.79 Å². The third-order valence-electron chi connectivity index (χ3n) is 3.47. The van der Waals surface area contributed by atoms with Crippen LogP contribution in [0.15, 0.2) is 54.1 Å². The zero-order valence-corrected chi connectivity index (χ0v) is 14.1. The van der Waals surface area contributed by atoms with Gasteiger partial charge in [0.2, 0.25) is 5.91 Å². The van der Waals surface area contributed by atoms with Crippen LogP contribution in [0.25, 0.3) is 6.08 Å². The number of hydrogen-bond donors (Lipinski definition) is 1. The summed E-state index contributed by atoms with van der Waals surface area (Å²) in [6.45, 7) is 2.40. The van der Waals surface area contributed by atoms with E-state index in [0.717, 1.165) is 23.3 Å². The molecule has 0 spiro atoms. The summed E-state index contributed by atoms with van der Waals surface area (Å²) >= 11 is 5.85. The molecule has 0 saturated carbocycles. The van der Waals surface area contributed by atoms with Crippen molar-refractivity contribution in [1.29, 1.82) is 0 Å². The number of ether oxygens (including phenoxy) is 1. The van der Waals surface area contributed by atoms with Crippen molar-refractivity contribution in [2.75, 3.05) is 13.7 Å². The van der Waals surface area contributed by atoms with Crippen molar-refractivity contribution in [1.82, 2.24) is 5.32 Å². The van der Waals surface area contributed by atoms with Gasteiger partial charge in [-0.3, -0.25) is 4.79 Å². The molecule has 2 rings (SSSR count). The molecule has 0 radical (unpaired) electrons. The zero-order valence-electron chi connectivity index (χ0n) is 13.3. The minimum absolute atomic E-state index is 0.0616. The lowest BCUT2D eigenvalue weighted by molar-refractivity contribution is -0.117. The lowest BCUT2D eigenvalue weighted by atomic mass is 10.1. The van der Waals surface area contributed by atoms with Gasteiger partial charge in [0.15, 0.2) is 0 Å². The Hall–Kier alpha value is -2.26. The highest BCUT2D eigenvalue weighted by Gasteiger charge is 2.04. The Morgan fingerprint density at radius 2 is 1.78 bits per heavy atom. The third kappa shape index (κ3) is 5.46. The van der Waals surface area contributed by atoms with Gasteiger partial charge in [0, 0.05) is 17.1 Å². The van der Waals surface area contributed by atoms with Crippen LogP contribution in [0.3, 0.4) is 0 Å². The third-order valence-corrected chi connectivity index (χ3v) is 3.72. The van der Waals surface area contributed by atoms with Crippen LogP contribution in [0.5, 0.6) is 5.75 Å². The zero-order chi connectivity index (χ0) is 16.7. The standard InChI is InChI=1S/C19H20ClNO2/c1-14(13-16-3-7-17(20)8-4-16)19(22)21-12-11-15-5-9-18(23-2)10-6-15/h3-10,13H,11-12H2,1-2H3,(H,21,22)/b14-13+. The van der Waals surface area contributed by atoms with E-state index in [-0.39, 0.29) is 5.91 Å². The minimum atomic E-state index is -0.0616. The Labute approximate surface area is 141 Å². The van der Waals surface area contributed by atoms with Gasteiger partial charge >= 0.3 is 0 Å². The fourth-order valence-electron chi connectivity index (χ4n) is 2.13. The Bertz CT molecular complexity index is 676. The van der Waals surface area contributed by atoms with Crippen LogP contribution in [0.2, 0.25) is 5.02 Å². The molecule has 1 N–H and O–H groups in total. The summed E-state index contributed by atoms with van der Waals surface area (Å²) in [7, 11) is 1.64. The lowest BCUT2D eigenvalue weighted by Crippen LogP contribution is -2.26. The molecule has 0 aliphatic carbocycles. The number of rotatable bonds is 6. The van der Waals surface area contributed by atoms with Crippen molar-refractivity contribution in [2.45, 2.75) is 13.3 Å². The van der Waals surface area contributed by atoms with Crippen molar-refractivity contribution >= 4 is 23.6 Å². The second-order valence-electron chi connectivity index (χ2n) is 5.23. The molecule has 4 heteroatoms. The minimum Gasteiger partial charge on any atom is -0.497 e. The summed E-state index contributed by atoms with van der Waals surface area (Å²) in [6, 6.07) is 15.2. The average Bonchev–Trinajstić information content (AvgIpc) is 2.57. The molecular weight excluding hydrogens is 310 g/mol. The summed E-state index contributed by atoms with van der Waals surface area (Å²) in [4.78, 5) is 12.1. The normalized spacial score (nSPS) is 11.2. The number of benzene rings is 2. The number of carbonyl (C=O) groups excluding carboxylic acids is 1. The van der Waals surface area contributed by atoms with Gasteiger partial charge in [0.25, 0.3) is 0 Å². The quantitative estimate of drug-likeness (QED) is 0.810. The molecule has 0 bridgehead atoms. The van der Waals surface area contributed by atoms with Gasteiger partial charge in [-0.15, -0.1) is 0 Å². The number of hydrogen-bond acceptors (Lipinski definition) is 2. The van der Waals surface area contributed by atoms with Gasteiger partial charge in [0.1, 0.15) is 5.75 Å². The molecule has 2 aromatic carbocycles. The first kappa shape index (κ1) is 17.1. The van der Waals surface area contributed by atoms with E-state index < -0.39 is 0 Å². The molecule has 0 heterocycles. The van der Waals surface area contributed by atoms with Gasteiger partial charge in [-0.05, 0) is 54.8 Å². The second kappa shape index (κ2) is 8.39. The number of nitrogens with one attached hydrogen (secondary N) is 1.